The van der Waals surface area contributed by atoms with Crippen LogP contribution in [0.1, 0.15) is 54.9 Å². The van der Waals surface area contributed by atoms with E-state index in [0.29, 0.717) is 5.82 Å². The van der Waals surface area contributed by atoms with E-state index in [1.54, 1.807) is 11.3 Å². The highest BCUT2D eigenvalue weighted by Crippen LogP contribution is 2.39. The van der Waals surface area contributed by atoms with Gasteiger partial charge in [-0.25, -0.2) is 4.98 Å². The summed E-state index contributed by atoms with van der Waals surface area (Å²) in [6, 6.07) is 0. The van der Waals surface area contributed by atoms with Gasteiger partial charge in [0.2, 0.25) is 0 Å². The molecule has 0 radical (unpaired) electrons. The number of ether oxygens (including phenoxy) is 1. The van der Waals surface area contributed by atoms with E-state index < -0.39 is 0 Å². The number of nitrogens with zero attached hydrogens (tertiary/aromatic N) is 1. The summed E-state index contributed by atoms with van der Waals surface area (Å²) in [5.74, 6) is 0.562. The number of rotatable bonds is 2. The zero-order valence-corrected chi connectivity index (χ0v) is 13.3. The molecule has 0 amide bonds. The van der Waals surface area contributed by atoms with Gasteiger partial charge in [-0.1, -0.05) is 6.92 Å². The molecule has 0 aromatic carbocycles. The SMILES string of the molecule is CCC(Cl)c1nc2sc3c(c2c(=O)[nH]1)CC(C)OC3C. The molecule has 0 aliphatic carbocycles. The summed E-state index contributed by atoms with van der Waals surface area (Å²) >= 11 is 7.74. The minimum absolute atomic E-state index is 0.0220. The standard InChI is InChI=1S/C14H17ClN2O2S/c1-4-9(15)12-16-13(18)10-8-5-6(2)19-7(3)11(8)20-14(10)17-12/h6-7,9H,4-5H2,1-3H3,(H,16,17,18). The molecule has 3 atom stereocenters. The highest BCUT2D eigenvalue weighted by atomic mass is 35.5. The molecular weight excluding hydrogens is 296 g/mol. The maximum Gasteiger partial charge on any atom is 0.259 e. The highest BCUT2D eigenvalue weighted by molar-refractivity contribution is 7.18. The second-order valence-electron chi connectivity index (χ2n) is 5.25. The number of alkyl halides is 1. The van der Waals surface area contributed by atoms with E-state index in [1.165, 1.54) is 0 Å². The molecule has 108 valence electrons. The van der Waals surface area contributed by atoms with Crippen molar-refractivity contribution in [1.82, 2.24) is 9.97 Å². The molecule has 3 heterocycles. The van der Waals surface area contributed by atoms with Crippen molar-refractivity contribution in [3.63, 3.8) is 0 Å². The van der Waals surface area contributed by atoms with Crippen molar-refractivity contribution in [2.24, 2.45) is 0 Å². The van der Waals surface area contributed by atoms with Crippen LogP contribution in [0.4, 0.5) is 0 Å². The first kappa shape index (κ1) is 14.0. The fraction of sp³-hybridized carbons (Fsp3) is 0.571. The van der Waals surface area contributed by atoms with Crippen LogP contribution in [0.3, 0.4) is 0 Å². The molecule has 4 nitrogen and oxygen atoms in total. The van der Waals surface area contributed by atoms with Gasteiger partial charge in [-0.2, -0.15) is 0 Å². The van der Waals surface area contributed by atoms with Gasteiger partial charge in [0.25, 0.3) is 5.56 Å². The Morgan fingerprint density at radius 2 is 2.30 bits per heavy atom. The Morgan fingerprint density at radius 1 is 1.55 bits per heavy atom. The topological polar surface area (TPSA) is 55.0 Å². The number of aromatic nitrogens is 2. The first-order valence-corrected chi connectivity index (χ1v) is 8.11. The number of nitrogens with one attached hydrogen (secondary N) is 1. The Morgan fingerprint density at radius 3 is 3.00 bits per heavy atom. The highest BCUT2D eigenvalue weighted by Gasteiger charge is 2.28. The molecule has 3 rings (SSSR count). The Labute approximate surface area is 126 Å². The third-order valence-corrected chi connectivity index (χ3v) is 5.47. The van der Waals surface area contributed by atoms with Crippen LogP contribution in [0.2, 0.25) is 0 Å². The van der Waals surface area contributed by atoms with E-state index in [-0.39, 0.29) is 23.1 Å². The normalized spacial score (nSPS) is 23.8. The fourth-order valence-electron chi connectivity index (χ4n) is 2.72. The third kappa shape index (κ3) is 2.18. The number of aromatic amines is 1. The van der Waals surface area contributed by atoms with Crippen molar-refractivity contribution in [2.45, 2.75) is 51.2 Å². The molecule has 1 aliphatic rings. The number of hydrogen-bond acceptors (Lipinski definition) is 4. The molecule has 0 bridgehead atoms. The Balaban J connectivity index is 2.23. The number of H-pyrrole nitrogens is 1. The molecule has 0 saturated carbocycles. The molecule has 3 unspecified atom stereocenters. The van der Waals surface area contributed by atoms with Crippen LogP contribution in [0.25, 0.3) is 10.2 Å². The zero-order chi connectivity index (χ0) is 14.4. The minimum Gasteiger partial charge on any atom is -0.370 e. The molecule has 2 aromatic heterocycles. The largest absolute Gasteiger partial charge is 0.370 e. The molecule has 6 heteroatoms. The van der Waals surface area contributed by atoms with Crippen LogP contribution >= 0.6 is 22.9 Å². The van der Waals surface area contributed by atoms with Gasteiger partial charge < -0.3 is 9.72 Å². The van der Waals surface area contributed by atoms with Crippen molar-refractivity contribution in [2.75, 3.05) is 0 Å². The molecule has 0 saturated heterocycles. The lowest BCUT2D eigenvalue weighted by molar-refractivity contribution is -0.00181. The van der Waals surface area contributed by atoms with Crippen LogP contribution in [-0.2, 0) is 11.2 Å². The van der Waals surface area contributed by atoms with Crippen molar-refractivity contribution >= 4 is 33.2 Å². The van der Waals surface area contributed by atoms with Crippen molar-refractivity contribution in [3.05, 3.63) is 26.6 Å². The first-order chi connectivity index (χ1) is 9.51. The van der Waals surface area contributed by atoms with Gasteiger partial charge in [-0.15, -0.1) is 22.9 Å². The summed E-state index contributed by atoms with van der Waals surface area (Å²) in [4.78, 5) is 21.7. The van der Waals surface area contributed by atoms with Crippen LogP contribution < -0.4 is 5.56 Å². The average molecular weight is 313 g/mol. The lowest BCUT2D eigenvalue weighted by Gasteiger charge is -2.25. The zero-order valence-electron chi connectivity index (χ0n) is 11.7. The summed E-state index contributed by atoms with van der Waals surface area (Å²) in [7, 11) is 0. The molecule has 0 fully saturated rings. The lowest BCUT2D eigenvalue weighted by Crippen LogP contribution is -2.22. The van der Waals surface area contributed by atoms with Gasteiger partial charge in [0.15, 0.2) is 0 Å². The van der Waals surface area contributed by atoms with Gasteiger partial charge in [-0.3, -0.25) is 4.79 Å². The maximum atomic E-state index is 12.4. The predicted octanol–water partition coefficient (Wildman–Crippen LogP) is 3.70. The van der Waals surface area contributed by atoms with Crippen LogP contribution in [0.5, 0.6) is 0 Å². The molecule has 1 N–H and O–H groups in total. The minimum atomic E-state index is -0.251. The van der Waals surface area contributed by atoms with Crippen molar-refractivity contribution in [3.8, 4) is 0 Å². The van der Waals surface area contributed by atoms with Gasteiger partial charge in [0, 0.05) is 11.3 Å². The van der Waals surface area contributed by atoms with E-state index in [1.807, 2.05) is 20.8 Å². The van der Waals surface area contributed by atoms with Crippen LogP contribution in [-0.4, -0.2) is 16.1 Å². The fourth-order valence-corrected chi connectivity index (χ4v) is 4.02. The third-order valence-electron chi connectivity index (χ3n) is 3.66. The smallest absolute Gasteiger partial charge is 0.259 e. The number of thiophene rings is 1. The van der Waals surface area contributed by atoms with E-state index in [9.17, 15) is 4.79 Å². The number of halogens is 1. The summed E-state index contributed by atoms with van der Waals surface area (Å²) < 4.78 is 5.83. The predicted molar refractivity (Wildman–Crippen MR) is 81.8 cm³/mol. The lowest BCUT2D eigenvalue weighted by atomic mass is 10.0. The summed E-state index contributed by atoms with van der Waals surface area (Å²) in [5, 5.41) is 0.467. The summed E-state index contributed by atoms with van der Waals surface area (Å²) in [6.07, 6.45) is 1.65. The second kappa shape index (κ2) is 5.13. The molecule has 20 heavy (non-hydrogen) atoms. The quantitative estimate of drug-likeness (QED) is 0.860. The van der Waals surface area contributed by atoms with E-state index >= 15 is 0 Å². The van der Waals surface area contributed by atoms with E-state index in [2.05, 4.69) is 9.97 Å². The van der Waals surface area contributed by atoms with Crippen LogP contribution in [0, 0.1) is 0 Å². The average Bonchev–Trinajstić information content (AvgIpc) is 2.77. The van der Waals surface area contributed by atoms with Crippen LogP contribution in [0.15, 0.2) is 4.79 Å². The molecular formula is C14H17ClN2O2S. The Kier molecular flexibility index (Phi) is 3.60. The van der Waals surface area contributed by atoms with Gasteiger partial charge >= 0.3 is 0 Å². The van der Waals surface area contributed by atoms with E-state index in [0.717, 1.165) is 33.5 Å². The number of hydrogen-bond donors (Lipinski definition) is 1. The summed E-state index contributed by atoms with van der Waals surface area (Å²) in [5.41, 5.74) is 1.02. The first-order valence-electron chi connectivity index (χ1n) is 6.86. The molecule has 2 aromatic rings. The molecule has 1 aliphatic heterocycles. The summed E-state index contributed by atoms with van der Waals surface area (Å²) in [6.45, 7) is 6.03. The van der Waals surface area contributed by atoms with Crippen molar-refractivity contribution in [1.29, 1.82) is 0 Å². The maximum absolute atomic E-state index is 12.4. The monoisotopic (exact) mass is 312 g/mol. The van der Waals surface area contributed by atoms with E-state index in [4.69, 9.17) is 16.3 Å². The molecule has 0 spiro atoms. The Bertz CT molecular complexity index is 709. The van der Waals surface area contributed by atoms with Crippen molar-refractivity contribution < 1.29 is 4.74 Å². The van der Waals surface area contributed by atoms with Gasteiger partial charge in [0.05, 0.1) is 23.0 Å². The number of fused-ring (bicyclic) bond motifs is 3. The van der Waals surface area contributed by atoms with Gasteiger partial charge in [0.1, 0.15) is 10.7 Å². The second-order valence-corrected chi connectivity index (χ2v) is 6.80. The Hall–Kier alpha value is -0.910. The van der Waals surface area contributed by atoms with Gasteiger partial charge in [-0.05, 0) is 25.8 Å².